The van der Waals surface area contributed by atoms with Gasteiger partial charge in [-0.15, -0.1) is 0 Å². The van der Waals surface area contributed by atoms with E-state index < -0.39 is 17.8 Å². The van der Waals surface area contributed by atoms with Crippen LogP contribution < -0.4 is 0 Å². The normalized spacial score (nSPS) is 18.2. The summed E-state index contributed by atoms with van der Waals surface area (Å²) in [4.78, 5) is 0. The minimum Gasteiger partial charge on any atom is -0.240 e. The van der Waals surface area contributed by atoms with Crippen LogP contribution in [0, 0.1) is 0 Å². The first-order chi connectivity index (χ1) is 5.37. The van der Waals surface area contributed by atoms with Crippen molar-refractivity contribution in [3.05, 3.63) is 22.8 Å². The second-order valence-electron chi connectivity index (χ2n) is 2.75. The van der Waals surface area contributed by atoms with Crippen LogP contribution in [0.15, 0.2) is 22.8 Å². The molecular weight excluding hydrogens is 165 g/mol. The van der Waals surface area contributed by atoms with E-state index in [9.17, 15) is 13.2 Å². The number of alkyl halides is 1. The quantitative estimate of drug-likeness (QED) is 0.563. The summed E-state index contributed by atoms with van der Waals surface area (Å²) < 4.78 is 37.8. The van der Waals surface area contributed by atoms with E-state index in [0.29, 0.717) is 0 Å². The monoisotopic (exact) mass is 178 g/mol. The molecule has 0 saturated carbocycles. The van der Waals surface area contributed by atoms with Crippen LogP contribution in [0.1, 0.15) is 27.7 Å². The van der Waals surface area contributed by atoms with Gasteiger partial charge in [-0.3, -0.25) is 0 Å². The summed E-state index contributed by atoms with van der Waals surface area (Å²) in [6, 6.07) is 0. The fraction of sp³-hybridized carbons (Fsp3) is 0.556. The Kier molecular flexibility index (Phi) is 4.07. The van der Waals surface area contributed by atoms with Gasteiger partial charge in [0, 0.05) is 0 Å². The third-order valence-corrected chi connectivity index (χ3v) is 1.79. The molecule has 0 amide bonds. The summed E-state index contributed by atoms with van der Waals surface area (Å²) >= 11 is 0. The van der Waals surface area contributed by atoms with E-state index in [2.05, 4.69) is 0 Å². The zero-order chi connectivity index (χ0) is 9.89. The van der Waals surface area contributed by atoms with Crippen molar-refractivity contribution in [1.82, 2.24) is 0 Å². The van der Waals surface area contributed by atoms with Crippen molar-refractivity contribution >= 4 is 0 Å². The molecule has 12 heavy (non-hydrogen) atoms. The number of allylic oxidation sites excluding steroid dienone is 4. The number of hydrogen-bond acceptors (Lipinski definition) is 0. The first-order valence-corrected chi connectivity index (χ1v) is 3.71. The van der Waals surface area contributed by atoms with Crippen LogP contribution in [0.4, 0.5) is 13.2 Å². The Bertz CT molecular complexity index is 220. The van der Waals surface area contributed by atoms with Gasteiger partial charge in [-0.2, -0.15) is 0 Å². The van der Waals surface area contributed by atoms with Gasteiger partial charge < -0.3 is 0 Å². The first-order valence-electron chi connectivity index (χ1n) is 3.71. The maximum atomic E-state index is 12.8. The Labute approximate surface area is 70.8 Å². The Morgan fingerprint density at radius 2 is 1.42 bits per heavy atom. The minimum absolute atomic E-state index is 0.0463. The zero-order valence-electron chi connectivity index (χ0n) is 7.71. The summed E-state index contributed by atoms with van der Waals surface area (Å²) in [5, 5.41) is 0. The topological polar surface area (TPSA) is 0 Å². The van der Waals surface area contributed by atoms with Crippen LogP contribution in [0.5, 0.6) is 0 Å². The van der Waals surface area contributed by atoms with Crippen LogP contribution in [0.2, 0.25) is 0 Å². The molecule has 0 aromatic carbocycles. The summed E-state index contributed by atoms with van der Waals surface area (Å²) in [7, 11) is 0. The van der Waals surface area contributed by atoms with Crippen molar-refractivity contribution in [2.24, 2.45) is 0 Å². The number of hydrogen-bond donors (Lipinski definition) is 0. The third kappa shape index (κ3) is 2.72. The van der Waals surface area contributed by atoms with Crippen LogP contribution >= 0.6 is 0 Å². The molecule has 0 bridgehead atoms. The molecule has 0 radical (unpaired) electrons. The van der Waals surface area contributed by atoms with Crippen molar-refractivity contribution in [3.8, 4) is 0 Å². The van der Waals surface area contributed by atoms with Crippen LogP contribution in [-0.2, 0) is 0 Å². The van der Waals surface area contributed by atoms with Gasteiger partial charge in [0.2, 0.25) is 0 Å². The molecule has 0 aliphatic heterocycles. The molecule has 0 N–H and O–H groups in total. The lowest BCUT2D eigenvalue weighted by Gasteiger charge is -2.05. The lowest BCUT2D eigenvalue weighted by Crippen LogP contribution is -1.97. The molecule has 1 atom stereocenters. The second kappa shape index (κ2) is 4.33. The Morgan fingerprint density at radius 3 is 1.67 bits per heavy atom. The van der Waals surface area contributed by atoms with Crippen molar-refractivity contribution in [2.45, 2.75) is 33.9 Å². The highest BCUT2D eigenvalue weighted by atomic mass is 19.2. The molecule has 0 aliphatic carbocycles. The summed E-state index contributed by atoms with van der Waals surface area (Å²) in [5.41, 5.74) is 0.210. The van der Waals surface area contributed by atoms with Crippen molar-refractivity contribution in [2.75, 3.05) is 0 Å². The second-order valence-corrected chi connectivity index (χ2v) is 2.75. The predicted molar refractivity (Wildman–Crippen MR) is 43.9 cm³/mol. The van der Waals surface area contributed by atoms with Crippen molar-refractivity contribution in [1.29, 1.82) is 0 Å². The Balaban J connectivity index is 4.93. The zero-order valence-corrected chi connectivity index (χ0v) is 7.71. The third-order valence-electron chi connectivity index (χ3n) is 1.79. The molecule has 70 valence electrons. The highest BCUT2D eigenvalue weighted by molar-refractivity contribution is 5.32. The SMILES string of the molecule is C/C(F)=C(C)\C(C)=C(\F)C(C)F. The van der Waals surface area contributed by atoms with Gasteiger partial charge in [-0.25, -0.2) is 13.2 Å². The van der Waals surface area contributed by atoms with Crippen LogP contribution in [0.25, 0.3) is 0 Å². The van der Waals surface area contributed by atoms with Gasteiger partial charge in [0.25, 0.3) is 0 Å². The summed E-state index contributed by atoms with van der Waals surface area (Å²) in [6.45, 7) is 5.09. The van der Waals surface area contributed by atoms with Crippen LogP contribution in [-0.4, -0.2) is 6.17 Å². The smallest absolute Gasteiger partial charge is 0.149 e. The summed E-state index contributed by atoms with van der Waals surface area (Å²) in [6.07, 6.45) is -1.67. The average molecular weight is 178 g/mol. The lowest BCUT2D eigenvalue weighted by molar-refractivity contribution is 0.346. The van der Waals surface area contributed by atoms with Crippen molar-refractivity contribution in [3.63, 3.8) is 0 Å². The molecule has 0 heterocycles. The number of rotatable bonds is 2. The van der Waals surface area contributed by atoms with E-state index in [4.69, 9.17) is 0 Å². The molecule has 0 aliphatic rings. The average Bonchev–Trinajstić information content (AvgIpc) is 2.00. The molecule has 0 saturated heterocycles. The van der Waals surface area contributed by atoms with E-state index in [1.165, 1.54) is 20.8 Å². The van der Waals surface area contributed by atoms with E-state index >= 15 is 0 Å². The van der Waals surface area contributed by atoms with E-state index in [-0.39, 0.29) is 11.1 Å². The van der Waals surface area contributed by atoms with E-state index in [1.807, 2.05) is 0 Å². The molecule has 0 aromatic rings. The van der Waals surface area contributed by atoms with Gasteiger partial charge in [0.05, 0.1) is 0 Å². The largest absolute Gasteiger partial charge is 0.240 e. The fourth-order valence-corrected chi connectivity index (χ4v) is 0.736. The molecule has 0 rings (SSSR count). The maximum Gasteiger partial charge on any atom is 0.149 e. The Hall–Kier alpha value is -0.730. The van der Waals surface area contributed by atoms with E-state index in [0.717, 1.165) is 6.92 Å². The molecule has 3 heteroatoms. The summed E-state index contributed by atoms with van der Waals surface area (Å²) in [5.74, 6) is -1.38. The minimum atomic E-state index is -1.67. The van der Waals surface area contributed by atoms with Gasteiger partial charge >= 0.3 is 0 Å². The molecule has 1 unspecified atom stereocenters. The van der Waals surface area contributed by atoms with Gasteiger partial charge in [-0.05, 0) is 38.8 Å². The van der Waals surface area contributed by atoms with Gasteiger partial charge in [-0.1, -0.05) is 0 Å². The first kappa shape index (κ1) is 11.3. The molecule has 0 nitrogen and oxygen atoms in total. The highest BCUT2D eigenvalue weighted by Gasteiger charge is 2.12. The van der Waals surface area contributed by atoms with Gasteiger partial charge in [0.15, 0.2) is 0 Å². The van der Waals surface area contributed by atoms with Crippen molar-refractivity contribution < 1.29 is 13.2 Å². The number of halogens is 3. The highest BCUT2D eigenvalue weighted by Crippen LogP contribution is 2.22. The molecular formula is C9H13F3. The predicted octanol–water partition coefficient (Wildman–Crippen LogP) is 3.85. The maximum absolute atomic E-state index is 12.8. The van der Waals surface area contributed by atoms with E-state index in [1.54, 1.807) is 0 Å². The molecule has 0 aromatic heterocycles. The lowest BCUT2D eigenvalue weighted by atomic mass is 10.1. The Morgan fingerprint density at radius 1 is 1.00 bits per heavy atom. The van der Waals surface area contributed by atoms with Crippen LogP contribution in [0.3, 0.4) is 0 Å². The molecule has 0 spiro atoms. The fourth-order valence-electron chi connectivity index (χ4n) is 0.736. The molecule has 0 fully saturated rings. The standard InChI is InChI=1S/C9H13F3/c1-5(7(3)10)6(2)9(12)8(4)11/h8H,1-4H3/b7-5+,9-6+. The van der Waals surface area contributed by atoms with Gasteiger partial charge in [0.1, 0.15) is 17.8 Å².